The van der Waals surface area contributed by atoms with Crippen molar-refractivity contribution >= 4 is 11.7 Å². The lowest BCUT2D eigenvalue weighted by Crippen LogP contribution is -2.09. The maximum Gasteiger partial charge on any atom is 0.299 e. The molecular weight excluding hydrogens is 418 g/mol. The zero-order valence-corrected chi connectivity index (χ0v) is 18.9. The molecule has 4 rings (SSSR count). The molecule has 0 radical (unpaired) electrons. The van der Waals surface area contributed by atoms with E-state index in [0.717, 1.165) is 27.9 Å². The molecule has 170 valence electrons. The highest BCUT2D eigenvalue weighted by Crippen LogP contribution is 2.33. The van der Waals surface area contributed by atoms with Crippen LogP contribution in [0, 0.1) is 20.8 Å². The van der Waals surface area contributed by atoms with Gasteiger partial charge in [-0.1, -0.05) is 6.07 Å². The lowest BCUT2D eigenvalue weighted by atomic mass is 9.99. The summed E-state index contributed by atoms with van der Waals surface area (Å²) in [5, 5.41) is 12.3. The summed E-state index contributed by atoms with van der Waals surface area (Å²) in [4.78, 5) is 19.7. The fourth-order valence-electron chi connectivity index (χ4n) is 3.79. The molecule has 2 aromatic heterocycles. The number of aromatic amines is 1. The van der Waals surface area contributed by atoms with Gasteiger partial charge < -0.3 is 24.6 Å². The van der Waals surface area contributed by atoms with Gasteiger partial charge in [-0.3, -0.25) is 4.79 Å². The molecule has 7 heteroatoms. The third kappa shape index (κ3) is 5.32. The zero-order valence-electron chi connectivity index (χ0n) is 18.9. The minimum atomic E-state index is -0.178. The smallest absolute Gasteiger partial charge is 0.299 e. The number of benzene rings is 2. The molecule has 4 aromatic rings. The Kier molecular flexibility index (Phi) is 6.60. The first-order valence-corrected chi connectivity index (χ1v) is 10.8. The van der Waals surface area contributed by atoms with Gasteiger partial charge in [0.15, 0.2) is 5.76 Å². The number of H-pyrrole nitrogens is 1. The molecule has 2 aromatic carbocycles. The van der Waals surface area contributed by atoms with Crippen LogP contribution < -0.4 is 15.6 Å². The van der Waals surface area contributed by atoms with Crippen molar-refractivity contribution in [3.05, 3.63) is 81.9 Å². The molecular formula is C26H27N3O4. The lowest BCUT2D eigenvalue weighted by molar-refractivity contribution is 0.233. The second kappa shape index (κ2) is 9.75. The average Bonchev–Trinajstić information content (AvgIpc) is 3.21. The van der Waals surface area contributed by atoms with Gasteiger partial charge in [-0.15, -0.1) is 0 Å². The monoisotopic (exact) mass is 445 g/mol. The number of pyridine rings is 1. The van der Waals surface area contributed by atoms with Gasteiger partial charge in [-0.05, 0) is 79.4 Å². The molecule has 0 fully saturated rings. The van der Waals surface area contributed by atoms with Gasteiger partial charge in [-0.25, -0.2) is 4.98 Å². The number of aromatic nitrogens is 2. The van der Waals surface area contributed by atoms with Gasteiger partial charge >= 0.3 is 0 Å². The summed E-state index contributed by atoms with van der Waals surface area (Å²) >= 11 is 0. The first-order valence-electron chi connectivity index (χ1n) is 10.8. The first-order chi connectivity index (χ1) is 15.9. The molecule has 2 heterocycles. The number of hydrogen-bond acceptors (Lipinski definition) is 6. The van der Waals surface area contributed by atoms with Crippen molar-refractivity contribution < 1.29 is 14.3 Å². The number of aliphatic hydroxyl groups is 1. The summed E-state index contributed by atoms with van der Waals surface area (Å²) in [5.74, 6) is 1.12. The van der Waals surface area contributed by atoms with Gasteiger partial charge in [-0.2, -0.15) is 0 Å². The highest BCUT2D eigenvalue weighted by Gasteiger charge is 2.14. The predicted octanol–water partition coefficient (Wildman–Crippen LogP) is 5.13. The Balaban J connectivity index is 1.71. The summed E-state index contributed by atoms with van der Waals surface area (Å²) in [6.07, 6.45) is 3.78. The second-order valence-electron chi connectivity index (χ2n) is 8.07. The van der Waals surface area contributed by atoms with Crippen molar-refractivity contribution in [2.24, 2.45) is 0 Å². The Morgan fingerprint density at radius 2 is 1.82 bits per heavy atom. The van der Waals surface area contributed by atoms with Crippen LogP contribution in [0.25, 0.3) is 22.5 Å². The summed E-state index contributed by atoms with van der Waals surface area (Å²) in [6.45, 7) is 6.37. The van der Waals surface area contributed by atoms with Crippen molar-refractivity contribution in [1.82, 2.24) is 9.97 Å². The Morgan fingerprint density at radius 1 is 1.06 bits per heavy atom. The zero-order chi connectivity index (χ0) is 23.4. The van der Waals surface area contributed by atoms with E-state index in [4.69, 9.17) is 14.3 Å². The molecule has 33 heavy (non-hydrogen) atoms. The van der Waals surface area contributed by atoms with E-state index in [-0.39, 0.29) is 12.2 Å². The molecule has 0 bridgehead atoms. The van der Waals surface area contributed by atoms with Crippen LogP contribution in [0.4, 0.5) is 11.7 Å². The van der Waals surface area contributed by atoms with Crippen molar-refractivity contribution in [2.75, 3.05) is 18.5 Å². The fourth-order valence-corrected chi connectivity index (χ4v) is 3.79. The van der Waals surface area contributed by atoms with Crippen LogP contribution in [0.5, 0.6) is 5.75 Å². The number of aryl methyl sites for hydroxylation is 3. The molecule has 0 aliphatic rings. The number of nitrogens with zero attached hydrogens (tertiary/aromatic N) is 1. The standard InChI is InChI=1S/C26H27N3O4/c1-16-9-17(2)11-21(10-16)29-26-28-15-23(33-26)19-12-20(14-22(13-19)32-8-4-7-30)24-18(3)5-6-27-25(24)31/h5-6,9-15,30H,4,7-8H2,1-3H3,(H,27,31)(H,28,29). The lowest BCUT2D eigenvalue weighted by Gasteiger charge is -2.11. The molecule has 0 saturated heterocycles. The van der Waals surface area contributed by atoms with E-state index in [1.807, 2.05) is 57.2 Å². The molecule has 3 N–H and O–H groups in total. The summed E-state index contributed by atoms with van der Waals surface area (Å²) in [6, 6.07) is 13.9. The van der Waals surface area contributed by atoms with Crippen LogP contribution in [-0.4, -0.2) is 28.3 Å². The Labute approximate surface area is 192 Å². The summed E-state index contributed by atoms with van der Waals surface area (Å²) < 4.78 is 11.8. The van der Waals surface area contributed by atoms with Crippen molar-refractivity contribution in [3.63, 3.8) is 0 Å². The third-order valence-corrected chi connectivity index (χ3v) is 5.20. The number of oxazole rings is 1. The van der Waals surface area contributed by atoms with Gasteiger partial charge in [0, 0.05) is 30.5 Å². The predicted molar refractivity (Wildman–Crippen MR) is 129 cm³/mol. The van der Waals surface area contributed by atoms with E-state index in [1.165, 1.54) is 0 Å². The topological polar surface area (TPSA) is 100 Å². The SMILES string of the molecule is Cc1cc(C)cc(Nc2ncc(-c3cc(OCCCO)cc(-c4c(C)cc[nH]c4=O)c3)o2)c1. The molecule has 0 atom stereocenters. The maximum absolute atomic E-state index is 12.5. The van der Waals surface area contributed by atoms with Crippen LogP contribution in [0.2, 0.25) is 0 Å². The van der Waals surface area contributed by atoms with E-state index in [9.17, 15) is 4.79 Å². The third-order valence-electron chi connectivity index (χ3n) is 5.20. The molecule has 0 unspecified atom stereocenters. The number of hydrogen-bond donors (Lipinski definition) is 3. The van der Waals surface area contributed by atoms with E-state index < -0.39 is 0 Å². The largest absolute Gasteiger partial charge is 0.493 e. The quantitative estimate of drug-likeness (QED) is 0.325. The van der Waals surface area contributed by atoms with Crippen LogP contribution >= 0.6 is 0 Å². The van der Waals surface area contributed by atoms with Gasteiger partial charge in [0.1, 0.15) is 5.75 Å². The minimum Gasteiger partial charge on any atom is -0.493 e. The highest BCUT2D eigenvalue weighted by atomic mass is 16.5. The fraction of sp³-hybridized carbons (Fsp3) is 0.231. The van der Waals surface area contributed by atoms with E-state index in [2.05, 4.69) is 21.4 Å². The van der Waals surface area contributed by atoms with Crippen LogP contribution in [-0.2, 0) is 0 Å². The Morgan fingerprint density at radius 3 is 2.55 bits per heavy atom. The van der Waals surface area contributed by atoms with E-state index in [0.29, 0.717) is 41.7 Å². The average molecular weight is 446 g/mol. The van der Waals surface area contributed by atoms with Crippen LogP contribution in [0.1, 0.15) is 23.1 Å². The summed E-state index contributed by atoms with van der Waals surface area (Å²) in [5.41, 5.74) is 5.88. The molecule has 0 aliphatic carbocycles. The number of aliphatic hydroxyl groups excluding tert-OH is 1. The number of anilines is 2. The normalized spacial score (nSPS) is 10.9. The van der Waals surface area contributed by atoms with Gasteiger partial charge in [0.05, 0.1) is 18.4 Å². The minimum absolute atomic E-state index is 0.0412. The molecule has 7 nitrogen and oxygen atoms in total. The summed E-state index contributed by atoms with van der Waals surface area (Å²) in [7, 11) is 0. The molecule has 0 amide bonds. The Bertz CT molecular complexity index is 1300. The second-order valence-corrected chi connectivity index (χ2v) is 8.07. The number of nitrogens with one attached hydrogen (secondary N) is 2. The molecule has 0 spiro atoms. The maximum atomic E-state index is 12.5. The van der Waals surface area contributed by atoms with E-state index >= 15 is 0 Å². The number of ether oxygens (including phenoxy) is 1. The van der Waals surface area contributed by atoms with E-state index in [1.54, 1.807) is 12.4 Å². The van der Waals surface area contributed by atoms with Crippen LogP contribution in [0.3, 0.4) is 0 Å². The highest BCUT2D eigenvalue weighted by molar-refractivity contribution is 5.74. The van der Waals surface area contributed by atoms with Gasteiger partial charge in [0.25, 0.3) is 11.6 Å². The van der Waals surface area contributed by atoms with Crippen LogP contribution in [0.15, 0.2) is 64.1 Å². The number of rotatable bonds is 8. The first kappa shape index (κ1) is 22.4. The molecule has 0 saturated carbocycles. The Hall–Kier alpha value is -3.84. The van der Waals surface area contributed by atoms with Crippen molar-refractivity contribution in [3.8, 4) is 28.2 Å². The molecule has 0 aliphatic heterocycles. The van der Waals surface area contributed by atoms with Gasteiger partial charge in [0.2, 0.25) is 0 Å². The van der Waals surface area contributed by atoms with Crippen molar-refractivity contribution in [2.45, 2.75) is 27.2 Å². The van der Waals surface area contributed by atoms with Crippen molar-refractivity contribution in [1.29, 1.82) is 0 Å².